The van der Waals surface area contributed by atoms with E-state index in [1.165, 1.54) is 0 Å². The zero-order chi connectivity index (χ0) is 15.6. The molecule has 0 bridgehead atoms. The summed E-state index contributed by atoms with van der Waals surface area (Å²) in [5.41, 5.74) is 1.13. The van der Waals surface area contributed by atoms with E-state index in [0.29, 0.717) is 18.0 Å². The summed E-state index contributed by atoms with van der Waals surface area (Å²) in [6.07, 6.45) is 5.85. The molecule has 0 radical (unpaired) electrons. The number of rotatable bonds is 3. The number of nitrogens with zero attached hydrogens (tertiary/aromatic N) is 3. The minimum absolute atomic E-state index is 0.187. The summed E-state index contributed by atoms with van der Waals surface area (Å²) < 4.78 is 5.40. The molecule has 124 valence electrons. The molecule has 1 aromatic rings. The van der Waals surface area contributed by atoms with Gasteiger partial charge in [-0.25, -0.2) is 0 Å². The highest BCUT2D eigenvalue weighted by molar-refractivity contribution is 5.79. The average Bonchev–Trinajstić information content (AvgIpc) is 3.19. The summed E-state index contributed by atoms with van der Waals surface area (Å²) in [5.74, 6) is 0.563. The van der Waals surface area contributed by atoms with Crippen LogP contribution in [0.15, 0.2) is 24.4 Å². The average molecular weight is 315 g/mol. The van der Waals surface area contributed by atoms with E-state index in [9.17, 15) is 4.79 Å². The van der Waals surface area contributed by atoms with Gasteiger partial charge in [0.25, 0.3) is 0 Å². The molecule has 0 aromatic carbocycles. The Morgan fingerprint density at radius 3 is 2.74 bits per heavy atom. The Hall–Kier alpha value is -1.46. The normalized spacial score (nSPS) is 29.0. The summed E-state index contributed by atoms with van der Waals surface area (Å²) in [4.78, 5) is 22.0. The van der Waals surface area contributed by atoms with Gasteiger partial charge in [-0.2, -0.15) is 0 Å². The molecule has 0 N–H and O–H groups in total. The molecular weight excluding hydrogens is 290 g/mol. The van der Waals surface area contributed by atoms with Crippen molar-refractivity contribution in [1.29, 1.82) is 0 Å². The topological polar surface area (TPSA) is 45.7 Å². The molecule has 4 rings (SSSR count). The number of amides is 1. The number of carbonyl (C=O) groups is 1. The van der Waals surface area contributed by atoms with Crippen LogP contribution in [0.1, 0.15) is 31.4 Å². The first-order chi connectivity index (χ1) is 11.3. The van der Waals surface area contributed by atoms with Gasteiger partial charge in [-0.3, -0.25) is 14.7 Å². The van der Waals surface area contributed by atoms with Crippen LogP contribution < -0.4 is 0 Å². The predicted molar refractivity (Wildman–Crippen MR) is 86.7 cm³/mol. The summed E-state index contributed by atoms with van der Waals surface area (Å²) in [6.45, 7) is 4.38. The number of carbonyl (C=O) groups excluding carboxylic acids is 1. The van der Waals surface area contributed by atoms with E-state index in [2.05, 4.69) is 20.9 Å². The molecular formula is C18H25N3O2. The van der Waals surface area contributed by atoms with E-state index in [-0.39, 0.29) is 5.92 Å². The van der Waals surface area contributed by atoms with Crippen LogP contribution in [0.25, 0.3) is 0 Å². The molecule has 4 heterocycles. The molecule has 0 unspecified atom stereocenters. The molecule has 3 saturated heterocycles. The van der Waals surface area contributed by atoms with Crippen molar-refractivity contribution in [3.8, 4) is 0 Å². The maximum Gasteiger partial charge on any atom is 0.226 e. The molecule has 3 aliphatic heterocycles. The number of hydrogen-bond acceptors (Lipinski definition) is 4. The number of fused-ring (bicyclic) bond motifs is 1. The molecule has 3 fully saturated rings. The second-order valence-corrected chi connectivity index (χ2v) is 6.92. The highest BCUT2D eigenvalue weighted by Gasteiger charge is 2.45. The third-order valence-corrected chi connectivity index (χ3v) is 5.64. The lowest BCUT2D eigenvalue weighted by Gasteiger charge is -2.30. The fourth-order valence-electron chi connectivity index (χ4n) is 4.42. The Bertz CT molecular complexity index is 544. The molecule has 1 aromatic heterocycles. The summed E-state index contributed by atoms with van der Waals surface area (Å²) in [5, 5.41) is 0. The van der Waals surface area contributed by atoms with E-state index < -0.39 is 0 Å². The molecule has 0 aliphatic carbocycles. The van der Waals surface area contributed by atoms with Crippen molar-refractivity contribution in [3.05, 3.63) is 30.1 Å². The third-order valence-electron chi connectivity index (χ3n) is 5.64. The maximum atomic E-state index is 12.8. The Morgan fingerprint density at radius 2 is 1.96 bits per heavy atom. The fourth-order valence-corrected chi connectivity index (χ4v) is 4.42. The van der Waals surface area contributed by atoms with E-state index in [0.717, 1.165) is 64.2 Å². The van der Waals surface area contributed by atoms with Gasteiger partial charge in [-0.15, -0.1) is 0 Å². The number of pyridine rings is 1. The monoisotopic (exact) mass is 315 g/mol. The molecule has 5 heteroatoms. The van der Waals surface area contributed by atoms with E-state index in [4.69, 9.17) is 4.74 Å². The second kappa shape index (κ2) is 6.57. The Morgan fingerprint density at radius 1 is 1.13 bits per heavy atom. The van der Waals surface area contributed by atoms with Crippen LogP contribution in [0.4, 0.5) is 0 Å². The third kappa shape index (κ3) is 3.00. The largest absolute Gasteiger partial charge is 0.381 e. The maximum absolute atomic E-state index is 12.8. The molecule has 23 heavy (non-hydrogen) atoms. The highest BCUT2D eigenvalue weighted by Crippen LogP contribution is 2.34. The molecule has 1 amide bonds. The predicted octanol–water partition coefficient (Wildman–Crippen LogP) is 1.68. The van der Waals surface area contributed by atoms with Gasteiger partial charge in [0.15, 0.2) is 0 Å². The Balaban J connectivity index is 1.40. The first kappa shape index (κ1) is 15.1. The van der Waals surface area contributed by atoms with Crippen LogP contribution in [-0.4, -0.2) is 59.1 Å². The van der Waals surface area contributed by atoms with Crippen LogP contribution in [0.3, 0.4) is 0 Å². The zero-order valence-electron chi connectivity index (χ0n) is 13.6. The van der Waals surface area contributed by atoms with E-state index >= 15 is 0 Å². The van der Waals surface area contributed by atoms with Gasteiger partial charge < -0.3 is 9.64 Å². The van der Waals surface area contributed by atoms with Gasteiger partial charge in [-0.1, -0.05) is 6.07 Å². The fraction of sp³-hybridized carbons (Fsp3) is 0.667. The van der Waals surface area contributed by atoms with Gasteiger partial charge in [0, 0.05) is 57.0 Å². The van der Waals surface area contributed by atoms with Crippen LogP contribution >= 0.6 is 0 Å². The standard InChI is InChI=1S/C18H25N3O2/c22-18(14-6-11-23-12-7-14)21-10-5-16-17(21)4-9-20(16)13-15-3-1-2-8-19-15/h1-3,8,14,16-17H,4-7,9-13H2/t16-,17-/m1/s1. The Kier molecular flexibility index (Phi) is 4.31. The lowest BCUT2D eigenvalue weighted by Crippen LogP contribution is -2.43. The van der Waals surface area contributed by atoms with Gasteiger partial charge in [0.05, 0.1) is 5.69 Å². The number of aromatic nitrogens is 1. The van der Waals surface area contributed by atoms with Crippen LogP contribution in [0.5, 0.6) is 0 Å². The number of ether oxygens (including phenoxy) is 1. The lowest BCUT2D eigenvalue weighted by molar-refractivity contribution is -0.139. The lowest BCUT2D eigenvalue weighted by atomic mass is 9.98. The number of hydrogen-bond donors (Lipinski definition) is 0. The first-order valence-corrected chi connectivity index (χ1v) is 8.85. The Labute approximate surface area is 137 Å². The van der Waals surface area contributed by atoms with Gasteiger partial charge in [0.1, 0.15) is 0 Å². The smallest absolute Gasteiger partial charge is 0.226 e. The summed E-state index contributed by atoms with van der Waals surface area (Å²) in [6, 6.07) is 7.02. The van der Waals surface area contributed by atoms with Gasteiger partial charge >= 0.3 is 0 Å². The minimum Gasteiger partial charge on any atom is -0.381 e. The SMILES string of the molecule is O=C(C1CCOCC1)N1CC[C@@H]2[C@H]1CCN2Cc1ccccn1. The minimum atomic E-state index is 0.187. The second-order valence-electron chi connectivity index (χ2n) is 6.92. The molecule has 0 spiro atoms. The van der Waals surface area contributed by atoms with Crippen molar-refractivity contribution in [2.75, 3.05) is 26.3 Å². The molecule has 2 atom stereocenters. The summed E-state index contributed by atoms with van der Waals surface area (Å²) >= 11 is 0. The van der Waals surface area contributed by atoms with Gasteiger partial charge in [-0.05, 0) is 37.8 Å². The van der Waals surface area contributed by atoms with Crippen LogP contribution in [0.2, 0.25) is 0 Å². The van der Waals surface area contributed by atoms with Crippen molar-refractivity contribution in [3.63, 3.8) is 0 Å². The quantitative estimate of drug-likeness (QED) is 0.851. The van der Waals surface area contributed by atoms with Crippen molar-refractivity contribution < 1.29 is 9.53 Å². The zero-order valence-corrected chi connectivity index (χ0v) is 13.6. The first-order valence-electron chi connectivity index (χ1n) is 8.85. The van der Waals surface area contributed by atoms with Crippen LogP contribution in [-0.2, 0) is 16.1 Å². The van der Waals surface area contributed by atoms with E-state index in [1.807, 2.05) is 18.3 Å². The molecule has 3 aliphatic rings. The van der Waals surface area contributed by atoms with Crippen molar-refractivity contribution >= 4 is 5.91 Å². The van der Waals surface area contributed by atoms with Gasteiger partial charge in [0.2, 0.25) is 5.91 Å². The summed E-state index contributed by atoms with van der Waals surface area (Å²) in [7, 11) is 0. The van der Waals surface area contributed by atoms with Crippen LogP contribution in [0, 0.1) is 5.92 Å². The molecule has 0 saturated carbocycles. The van der Waals surface area contributed by atoms with Crippen molar-refractivity contribution in [1.82, 2.24) is 14.8 Å². The van der Waals surface area contributed by atoms with Crippen molar-refractivity contribution in [2.45, 2.75) is 44.3 Å². The molecule has 5 nitrogen and oxygen atoms in total. The van der Waals surface area contributed by atoms with Crippen molar-refractivity contribution in [2.24, 2.45) is 5.92 Å². The highest BCUT2D eigenvalue weighted by atomic mass is 16.5. The van der Waals surface area contributed by atoms with E-state index in [1.54, 1.807) is 0 Å². The number of likely N-dealkylation sites (tertiary alicyclic amines) is 2.